The standard InChI is InChI=1S/C22H31N3O/c1-7-16-11-15(2)13-23-19(16)12-18-17-9-8-10-24-21(17,6)25(20(3,4)5)22(18)14-26-22/h8-11,13,18,24H,7,12,14H2,1-6H3. The number of rotatable bonds is 3. The van der Waals surface area contributed by atoms with E-state index in [1.54, 1.807) is 0 Å². The molecule has 0 radical (unpaired) electrons. The summed E-state index contributed by atoms with van der Waals surface area (Å²) in [5.74, 6) is 0.310. The van der Waals surface area contributed by atoms with E-state index in [9.17, 15) is 0 Å². The number of dihydropyridines is 1. The van der Waals surface area contributed by atoms with Crippen LogP contribution in [0.3, 0.4) is 0 Å². The molecule has 1 aromatic heterocycles. The van der Waals surface area contributed by atoms with Crippen molar-refractivity contribution in [2.75, 3.05) is 6.61 Å². The molecule has 140 valence electrons. The fraction of sp³-hybridized carbons (Fsp3) is 0.591. The van der Waals surface area contributed by atoms with Crippen molar-refractivity contribution >= 4 is 0 Å². The number of fused-ring (bicyclic) bond motifs is 1. The lowest BCUT2D eigenvalue weighted by molar-refractivity contribution is -0.0477. The Morgan fingerprint density at radius 1 is 1.38 bits per heavy atom. The molecule has 4 heteroatoms. The van der Waals surface area contributed by atoms with Crippen molar-refractivity contribution in [3.05, 3.63) is 53.0 Å². The van der Waals surface area contributed by atoms with Gasteiger partial charge < -0.3 is 10.1 Å². The van der Waals surface area contributed by atoms with E-state index in [-0.39, 0.29) is 16.9 Å². The third-order valence-corrected chi connectivity index (χ3v) is 6.13. The van der Waals surface area contributed by atoms with Crippen LogP contribution in [0.1, 0.15) is 51.4 Å². The molecule has 26 heavy (non-hydrogen) atoms. The molecule has 2 saturated heterocycles. The molecule has 3 unspecified atom stereocenters. The number of aryl methyl sites for hydroxylation is 2. The minimum Gasteiger partial charge on any atom is -0.370 e. The lowest BCUT2D eigenvalue weighted by Crippen LogP contribution is -2.62. The number of hydrogen-bond acceptors (Lipinski definition) is 4. The Bertz CT molecular complexity index is 785. The summed E-state index contributed by atoms with van der Waals surface area (Å²) in [6.45, 7) is 14.3. The van der Waals surface area contributed by atoms with Crippen molar-refractivity contribution in [3.8, 4) is 0 Å². The SMILES string of the molecule is CCc1cc(C)cnc1CC1C2=CC=CNC2(C)N(C(C)(C)C)C12CO2. The minimum absolute atomic E-state index is 0.00837. The van der Waals surface area contributed by atoms with Gasteiger partial charge >= 0.3 is 0 Å². The lowest BCUT2D eigenvalue weighted by Gasteiger charge is -2.47. The minimum atomic E-state index is -0.227. The van der Waals surface area contributed by atoms with E-state index in [4.69, 9.17) is 9.72 Å². The number of ether oxygens (including phenoxy) is 1. The molecule has 3 aliphatic rings. The first kappa shape index (κ1) is 17.7. The molecule has 3 aliphatic heterocycles. The molecule has 2 fully saturated rings. The van der Waals surface area contributed by atoms with Crippen LogP contribution in [0.2, 0.25) is 0 Å². The van der Waals surface area contributed by atoms with Crippen LogP contribution in [0.4, 0.5) is 0 Å². The van der Waals surface area contributed by atoms with Crippen LogP contribution in [0.25, 0.3) is 0 Å². The van der Waals surface area contributed by atoms with Gasteiger partial charge in [0.15, 0.2) is 5.72 Å². The molecule has 0 saturated carbocycles. The second-order valence-corrected chi connectivity index (χ2v) is 9.07. The highest BCUT2D eigenvalue weighted by Crippen LogP contribution is 2.59. The molecule has 0 aliphatic carbocycles. The van der Waals surface area contributed by atoms with E-state index in [0.717, 1.165) is 19.4 Å². The summed E-state index contributed by atoms with van der Waals surface area (Å²) in [5.41, 5.74) is 4.77. The Kier molecular flexibility index (Phi) is 3.87. The lowest BCUT2D eigenvalue weighted by atomic mass is 9.84. The third-order valence-electron chi connectivity index (χ3n) is 6.13. The molecular formula is C22H31N3O. The van der Waals surface area contributed by atoms with Gasteiger partial charge in [0.1, 0.15) is 5.66 Å². The second kappa shape index (κ2) is 5.67. The predicted molar refractivity (Wildman–Crippen MR) is 105 cm³/mol. The fourth-order valence-electron chi connectivity index (χ4n) is 5.29. The number of pyridine rings is 1. The van der Waals surface area contributed by atoms with Crippen LogP contribution in [-0.4, -0.2) is 33.4 Å². The molecule has 0 amide bonds. The van der Waals surface area contributed by atoms with Crippen LogP contribution in [0, 0.1) is 12.8 Å². The van der Waals surface area contributed by atoms with E-state index in [0.29, 0.717) is 5.92 Å². The molecule has 3 atom stereocenters. The highest BCUT2D eigenvalue weighted by molar-refractivity contribution is 5.42. The van der Waals surface area contributed by atoms with Gasteiger partial charge in [-0.2, -0.15) is 0 Å². The van der Waals surface area contributed by atoms with Crippen LogP contribution >= 0.6 is 0 Å². The van der Waals surface area contributed by atoms with E-state index in [1.165, 1.54) is 22.4 Å². The summed E-state index contributed by atoms with van der Waals surface area (Å²) in [4.78, 5) is 7.36. The number of likely N-dealkylation sites (tertiary alicyclic amines) is 1. The average molecular weight is 354 g/mol. The first-order valence-electron chi connectivity index (χ1n) is 9.76. The normalized spacial score (nSPS) is 33.2. The summed E-state index contributed by atoms with van der Waals surface area (Å²) in [7, 11) is 0. The maximum Gasteiger partial charge on any atom is 0.155 e. The molecule has 0 aromatic carbocycles. The maximum atomic E-state index is 6.22. The number of epoxide rings is 1. The summed E-state index contributed by atoms with van der Waals surface area (Å²) in [5, 5.41) is 3.64. The summed E-state index contributed by atoms with van der Waals surface area (Å²) < 4.78 is 6.22. The molecule has 1 aromatic rings. The number of aromatic nitrogens is 1. The average Bonchev–Trinajstić information content (AvgIpc) is 3.29. The number of hydrogen-bond donors (Lipinski definition) is 1. The Morgan fingerprint density at radius 3 is 2.73 bits per heavy atom. The van der Waals surface area contributed by atoms with E-state index < -0.39 is 0 Å². The fourth-order valence-corrected chi connectivity index (χ4v) is 5.29. The van der Waals surface area contributed by atoms with Gasteiger partial charge in [-0.3, -0.25) is 4.98 Å². The largest absolute Gasteiger partial charge is 0.370 e. The number of nitrogens with one attached hydrogen (secondary N) is 1. The van der Waals surface area contributed by atoms with Crippen LogP contribution in [0.5, 0.6) is 0 Å². The smallest absolute Gasteiger partial charge is 0.155 e. The van der Waals surface area contributed by atoms with Crippen molar-refractivity contribution in [1.29, 1.82) is 0 Å². The first-order valence-corrected chi connectivity index (χ1v) is 9.76. The first-order chi connectivity index (χ1) is 12.2. The summed E-state index contributed by atoms with van der Waals surface area (Å²) in [6.07, 6.45) is 10.4. The molecular weight excluding hydrogens is 322 g/mol. The van der Waals surface area contributed by atoms with Crippen molar-refractivity contribution in [2.45, 2.75) is 71.3 Å². The number of nitrogens with zero attached hydrogens (tertiary/aromatic N) is 2. The Hall–Kier alpha value is -1.65. The van der Waals surface area contributed by atoms with Crippen LogP contribution in [-0.2, 0) is 17.6 Å². The zero-order valence-electron chi connectivity index (χ0n) is 16.9. The third kappa shape index (κ3) is 2.46. The Labute approximate surface area is 157 Å². The molecule has 0 bridgehead atoms. The summed E-state index contributed by atoms with van der Waals surface area (Å²) in [6, 6.07) is 2.28. The van der Waals surface area contributed by atoms with Gasteiger partial charge in [0, 0.05) is 29.8 Å². The van der Waals surface area contributed by atoms with Gasteiger partial charge in [-0.15, -0.1) is 0 Å². The van der Waals surface area contributed by atoms with Gasteiger partial charge in [-0.1, -0.05) is 19.1 Å². The summed E-state index contributed by atoms with van der Waals surface area (Å²) >= 11 is 0. The monoisotopic (exact) mass is 353 g/mol. The van der Waals surface area contributed by atoms with Crippen molar-refractivity contribution in [2.24, 2.45) is 5.92 Å². The quantitative estimate of drug-likeness (QED) is 0.841. The van der Waals surface area contributed by atoms with Gasteiger partial charge in [0.05, 0.1) is 6.61 Å². The van der Waals surface area contributed by atoms with E-state index >= 15 is 0 Å². The second-order valence-electron chi connectivity index (χ2n) is 9.07. The molecule has 4 nitrogen and oxygen atoms in total. The molecule has 1 N–H and O–H groups in total. The van der Waals surface area contributed by atoms with Gasteiger partial charge in [0.2, 0.25) is 0 Å². The van der Waals surface area contributed by atoms with Gasteiger partial charge in [-0.05, 0) is 70.0 Å². The van der Waals surface area contributed by atoms with E-state index in [2.05, 4.69) is 76.2 Å². The van der Waals surface area contributed by atoms with Crippen LogP contribution < -0.4 is 5.32 Å². The maximum absolute atomic E-state index is 6.22. The zero-order chi connectivity index (χ0) is 18.7. The molecule has 4 rings (SSSR count). The van der Waals surface area contributed by atoms with Crippen molar-refractivity contribution in [1.82, 2.24) is 15.2 Å². The van der Waals surface area contributed by atoms with Crippen LogP contribution in [0.15, 0.2) is 36.2 Å². The van der Waals surface area contributed by atoms with Gasteiger partial charge in [0.25, 0.3) is 0 Å². The topological polar surface area (TPSA) is 40.7 Å². The zero-order valence-corrected chi connectivity index (χ0v) is 16.9. The predicted octanol–water partition coefficient (Wildman–Crippen LogP) is 3.71. The highest BCUT2D eigenvalue weighted by Gasteiger charge is 2.71. The Balaban J connectivity index is 1.79. The Morgan fingerprint density at radius 2 is 2.12 bits per heavy atom. The molecule has 4 heterocycles. The van der Waals surface area contributed by atoms with Crippen molar-refractivity contribution < 1.29 is 4.74 Å². The van der Waals surface area contributed by atoms with E-state index in [1.807, 2.05) is 6.20 Å². The highest BCUT2D eigenvalue weighted by atomic mass is 16.6. The van der Waals surface area contributed by atoms with Gasteiger partial charge in [-0.25, -0.2) is 4.90 Å². The number of allylic oxidation sites excluding steroid dienone is 2. The van der Waals surface area contributed by atoms with Crippen molar-refractivity contribution in [3.63, 3.8) is 0 Å². The molecule has 1 spiro atoms.